The molecular weight excluding hydrogens is 226 g/mol. The summed E-state index contributed by atoms with van der Waals surface area (Å²) in [5.74, 6) is -0.353. The molecule has 3 N–H and O–H groups in total. The van der Waals surface area contributed by atoms with Crippen molar-refractivity contribution in [3.8, 4) is 0 Å². The van der Waals surface area contributed by atoms with Crippen LogP contribution in [-0.4, -0.2) is 31.1 Å². The molecule has 0 bridgehead atoms. The number of aromatic amines is 1. The number of aliphatic hydroxyl groups is 1. The Bertz CT molecular complexity index is 727. The predicted octanol–water partition coefficient (Wildman–Crippen LogP) is -0.872. The Morgan fingerprint density at radius 3 is 2.88 bits per heavy atom. The van der Waals surface area contributed by atoms with E-state index in [1.54, 1.807) is 0 Å². The highest BCUT2D eigenvalue weighted by Crippen LogP contribution is 2.19. The molecule has 0 saturated heterocycles. The second-order valence-corrected chi connectivity index (χ2v) is 3.62. The van der Waals surface area contributed by atoms with Crippen LogP contribution in [0.2, 0.25) is 0 Å². The molecule has 1 aromatic rings. The van der Waals surface area contributed by atoms with Crippen LogP contribution in [-0.2, 0) is 0 Å². The van der Waals surface area contributed by atoms with Crippen LogP contribution in [0.25, 0.3) is 0 Å². The minimum Gasteiger partial charge on any atom is -0.508 e. The first-order valence-electron chi connectivity index (χ1n) is 4.78. The number of hydrogen-bond donors (Lipinski definition) is 3. The summed E-state index contributed by atoms with van der Waals surface area (Å²) >= 11 is 0. The van der Waals surface area contributed by atoms with E-state index in [-0.39, 0.29) is 11.7 Å². The van der Waals surface area contributed by atoms with Crippen molar-refractivity contribution >= 4 is 11.7 Å². The number of allylic oxidation sites excluding steroid dienone is 3. The van der Waals surface area contributed by atoms with E-state index in [1.807, 2.05) is 0 Å². The van der Waals surface area contributed by atoms with E-state index in [0.29, 0.717) is 5.71 Å². The molecule has 8 heteroatoms. The number of hydrogen-bond acceptors (Lipinski definition) is 4. The van der Waals surface area contributed by atoms with E-state index in [2.05, 4.69) is 9.98 Å². The van der Waals surface area contributed by atoms with Gasteiger partial charge in [0.15, 0.2) is 0 Å². The standard InChI is InChI=1S/C9H7N5O3/c10-7-11-5-2-1-4(15)3-6(5)13-8(16)12-9(17)14(7)13/h1-3,6,10,15H,(H,12,16,17). The average Bonchev–Trinajstić information content (AvgIpc) is 2.56. The van der Waals surface area contributed by atoms with E-state index in [4.69, 9.17) is 5.41 Å². The summed E-state index contributed by atoms with van der Waals surface area (Å²) in [4.78, 5) is 29.0. The van der Waals surface area contributed by atoms with Crippen LogP contribution in [0.5, 0.6) is 0 Å². The topological polar surface area (TPSA) is 116 Å². The van der Waals surface area contributed by atoms with Gasteiger partial charge in [0, 0.05) is 0 Å². The van der Waals surface area contributed by atoms with Crippen molar-refractivity contribution in [1.29, 1.82) is 5.41 Å². The number of aliphatic imine (C=N–C) groups is 1. The van der Waals surface area contributed by atoms with Crippen molar-refractivity contribution in [2.45, 2.75) is 6.04 Å². The largest absolute Gasteiger partial charge is 0.508 e. The number of nitrogens with zero attached hydrogens (tertiary/aromatic N) is 3. The molecule has 1 aliphatic carbocycles. The molecule has 0 aromatic carbocycles. The van der Waals surface area contributed by atoms with Crippen molar-refractivity contribution in [1.82, 2.24) is 14.3 Å². The van der Waals surface area contributed by atoms with E-state index < -0.39 is 17.4 Å². The van der Waals surface area contributed by atoms with Gasteiger partial charge < -0.3 is 5.11 Å². The summed E-state index contributed by atoms with van der Waals surface area (Å²) in [6.45, 7) is 0. The van der Waals surface area contributed by atoms with Crippen LogP contribution in [0.3, 0.4) is 0 Å². The van der Waals surface area contributed by atoms with Crippen LogP contribution < -0.4 is 11.4 Å². The molecule has 0 amide bonds. The first-order valence-corrected chi connectivity index (χ1v) is 4.78. The number of aromatic nitrogens is 3. The van der Waals surface area contributed by atoms with Crippen LogP contribution in [0, 0.1) is 5.41 Å². The van der Waals surface area contributed by atoms with Gasteiger partial charge in [0.05, 0.1) is 5.71 Å². The average molecular weight is 233 g/mol. The Morgan fingerprint density at radius 2 is 2.12 bits per heavy atom. The molecule has 3 rings (SSSR count). The molecule has 0 spiro atoms. The van der Waals surface area contributed by atoms with Gasteiger partial charge in [-0.15, -0.1) is 0 Å². The molecule has 2 heterocycles. The molecule has 0 saturated carbocycles. The van der Waals surface area contributed by atoms with Gasteiger partial charge in [0.1, 0.15) is 11.8 Å². The second kappa shape index (κ2) is 2.94. The second-order valence-electron chi connectivity index (χ2n) is 3.62. The highest BCUT2D eigenvalue weighted by molar-refractivity contribution is 6.08. The fourth-order valence-corrected chi connectivity index (χ4v) is 1.88. The van der Waals surface area contributed by atoms with Crippen molar-refractivity contribution in [3.05, 3.63) is 45.0 Å². The van der Waals surface area contributed by atoms with Crippen LogP contribution >= 0.6 is 0 Å². The summed E-state index contributed by atoms with van der Waals surface area (Å²) in [7, 11) is 0. The van der Waals surface area contributed by atoms with Crippen molar-refractivity contribution in [2.24, 2.45) is 4.99 Å². The Kier molecular flexibility index (Phi) is 1.65. The maximum absolute atomic E-state index is 11.6. The molecule has 86 valence electrons. The lowest BCUT2D eigenvalue weighted by molar-refractivity contribution is 0.420. The molecule has 1 aromatic heterocycles. The fraction of sp³-hybridized carbons (Fsp3) is 0.111. The summed E-state index contributed by atoms with van der Waals surface area (Å²) < 4.78 is 1.88. The van der Waals surface area contributed by atoms with Crippen LogP contribution in [0.4, 0.5) is 0 Å². The van der Waals surface area contributed by atoms with Crippen molar-refractivity contribution in [3.63, 3.8) is 0 Å². The zero-order valence-corrected chi connectivity index (χ0v) is 8.41. The van der Waals surface area contributed by atoms with Gasteiger partial charge in [-0.05, 0) is 18.2 Å². The summed E-state index contributed by atoms with van der Waals surface area (Å²) in [6.07, 6.45) is 4.30. The van der Waals surface area contributed by atoms with Gasteiger partial charge in [0.25, 0.3) is 0 Å². The third kappa shape index (κ3) is 1.17. The molecule has 0 radical (unpaired) electrons. The number of H-pyrrole nitrogens is 1. The van der Waals surface area contributed by atoms with E-state index in [9.17, 15) is 14.7 Å². The summed E-state index contributed by atoms with van der Waals surface area (Å²) in [6, 6.07) is -0.666. The third-order valence-corrected chi connectivity index (χ3v) is 2.59. The Morgan fingerprint density at radius 1 is 1.35 bits per heavy atom. The molecular formula is C9H7N5O3. The van der Waals surface area contributed by atoms with Crippen LogP contribution in [0.1, 0.15) is 6.04 Å². The quantitative estimate of drug-likeness (QED) is 0.540. The van der Waals surface area contributed by atoms with E-state index >= 15 is 0 Å². The highest BCUT2D eigenvalue weighted by Gasteiger charge is 2.29. The summed E-state index contributed by atoms with van der Waals surface area (Å²) in [5, 5.41) is 17.0. The minimum absolute atomic E-state index is 0.0190. The number of aliphatic hydroxyl groups excluding tert-OH is 1. The number of rotatable bonds is 0. The van der Waals surface area contributed by atoms with Gasteiger partial charge in [-0.1, -0.05) is 0 Å². The molecule has 0 fully saturated rings. The highest BCUT2D eigenvalue weighted by atomic mass is 16.3. The smallest absolute Gasteiger partial charge is 0.352 e. The lowest BCUT2D eigenvalue weighted by Crippen LogP contribution is -2.41. The minimum atomic E-state index is -0.717. The molecule has 1 aliphatic heterocycles. The van der Waals surface area contributed by atoms with E-state index in [1.165, 1.54) is 18.2 Å². The maximum Gasteiger partial charge on any atom is 0.352 e. The first kappa shape index (κ1) is 9.58. The Hall–Kier alpha value is -2.64. The van der Waals surface area contributed by atoms with Gasteiger partial charge in [-0.25, -0.2) is 19.3 Å². The maximum atomic E-state index is 11.6. The molecule has 8 nitrogen and oxygen atoms in total. The van der Waals surface area contributed by atoms with Gasteiger partial charge in [0.2, 0.25) is 5.96 Å². The first-order chi connectivity index (χ1) is 8.08. The molecule has 1 unspecified atom stereocenters. The van der Waals surface area contributed by atoms with Gasteiger partial charge in [-0.3, -0.25) is 10.4 Å². The SMILES string of the molecule is N=C1N=C2C=CC(O)=CC2n2c(=O)[nH]c(=O)n21. The zero-order valence-electron chi connectivity index (χ0n) is 8.41. The van der Waals surface area contributed by atoms with Crippen LogP contribution in [0.15, 0.2) is 38.6 Å². The molecule has 1 atom stereocenters. The Labute approximate surface area is 93.3 Å². The number of nitrogens with one attached hydrogen (secondary N) is 2. The number of fused-ring (bicyclic) bond motifs is 3. The monoisotopic (exact) mass is 233 g/mol. The fourth-order valence-electron chi connectivity index (χ4n) is 1.88. The third-order valence-electron chi connectivity index (χ3n) is 2.59. The van der Waals surface area contributed by atoms with Crippen molar-refractivity contribution < 1.29 is 5.11 Å². The van der Waals surface area contributed by atoms with E-state index in [0.717, 1.165) is 9.36 Å². The zero-order chi connectivity index (χ0) is 12.2. The van der Waals surface area contributed by atoms with Crippen molar-refractivity contribution in [2.75, 3.05) is 0 Å². The molecule has 17 heavy (non-hydrogen) atoms. The molecule has 2 aliphatic rings. The lowest BCUT2D eigenvalue weighted by atomic mass is 10.1. The normalized spacial score (nSPS) is 21.6. The van der Waals surface area contributed by atoms with Gasteiger partial charge >= 0.3 is 11.4 Å². The predicted molar refractivity (Wildman–Crippen MR) is 58.8 cm³/mol. The lowest BCUT2D eigenvalue weighted by Gasteiger charge is -2.23. The summed E-state index contributed by atoms with van der Waals surface area (Å²) in [5.41, 5.74) is -0.935. The van der Waals surface area contributed by atoms with Gasteiger partial charge in [-0.2, -0.15) is 4.68 Å². The Balaban J connectivity index is 2.35.